The molecule has 1 nitrogen and oxygen atoms in total. The number of aromatic amines is 1. The second-order valence-electron chi connectivity index (χ2n) is 3.64. The number of H-pyrrole nitrogens is 1. The highest BCUT2D eigenvalue weighted by atomic mass is 35.6. The van der Waals surface area contributed by atoms with E-state index in [1.165, 1.54) is 27.0 Å². The smallest absolute Gasteiger partial charge is 0.158 e. The van der Waals surface area contributed by atoms with Gasteiger partial charge in [-0.1, -0.05) is 36.4 Å². The van der Waals surface area contributed by atoms with Gasteiger partial charge in [0.1, 0.15) is 0 Å². The van der Waals surface area contributed by atoms with Crippen LogP contribution in [0.5, 0.6) is 0 Å². The molecule has 3 heteroatoms. The molecule has 0 aliphatic carbocycles. The minimum Gasteiger partial charge on any atom is -0.355 e. The average Bonchev–Trinajstić information content (AvgIpc) is 2.67. The number of benzene rings is 2. The molecular formula is C12H10ClNSi. The van der Waals surface area contributed by atoms with Gasteiger partial charge in [0.25, 0.3) is 0 Å². The molecule has 3 aromatic rings. The van der Waals surface area contributed by atoms with Gasteiger partial charge in [-0.2, -0.15) is 11.1 Å². The SMILES string of the molecule is Cl[SiH2]c1cccc2c1[nH]c1ccccc12. The third-order valence-electron chi connectivity index (χ3n) is 2.77. The van der Waals surface area contributed by atoms with Crippen LogP contribution >= 0.6 is 11.1 Å². The number of fused-ring (bicyclic) bond motifs is 3. The van der Waals surface area contributed by atoms with E-state index in [1.54, 1.807) is 0 Å². The van der Waals surface area contributed by atoms with Crippen LogP contribution in [0, 0.1) is 0 Å². The first-order valence-corrected chi connectivity index (χ1v) is 7.79. The fourth-order valence-electron chi connectivity index (χ4n) is 2.05. The van der Waals surface area contributed by atoms with E-state index in [1.807, 2.05) is 0 Å². The van der Waals surface area contributed by atoms with Crippen LogP contribution in [0.25, 0.3) is 21.8 Å². The van der Waals surface area contributed by atoms with Crippen LogP contribution in [0.1, 0.15) is 0 Å². The molecule has 0 bridgehead atoms. The summed E-state index contributed by atoms with van der Waals surface area (Å²) < 4.78 is 0. The van der Waals surface area contributed by atoms with Crippen LogP contribution in [-0.2, 0) is 0 Å². The van der Waals surface area contributed by atoms with E-state index in [-0.39, 0.29) is 0 Å². The maximum atomic E-state index is 6.05. The van der Waals surface area contributed by atoms with Gasteiger partial charge in [-0.05, 0) is 11.3 Å². The van der Waals surface area contributed by atoms with E-state index in [0.29, 0.717) is 0 Å². The van der Waals surface area contributed by atoms with Crippen molar-refractivity contribution in [3.8, 4) is 0 Å². The lowest BCUT2D eigenvalue weighted by molar-refractivity contribution is 1.56. The minimum absolute atomic E-state index is 0.635. The van der Waals surface area contributed by atoms with Gasteiger partial charge in [0.2, 0.25) is 0 Å². The van der Waals surface area contributed by atoms with Crippen molar-refractivity contribution in [1.29, 1.82) is 0 Å². The number of hydrogen-bond acceptors (Lipinski definition) is 0. The first-order chi connectivity index (χ1) is 7.40. The standard InChI is InChI=1S/C12H10ClNSi/c13-15-11-7-3-5-9-8-4-1-2-6-10(8)14-12(9)11/h1-7,14H,15H2. The molecule has 0 aliphatic rings. The molecule has 1 N–H and O–H groups in total. The maximum Gasteiger partial charge on any atom is 0.158 e. The number of halogens is 1. The molecule has 1 aromatic heterocycles. The lowest BCUT2D eigenvalue weighted by atomic mass is 10.1. The third-order valence-corrected chi connectivity index (χ3v) is 4.51. The molecule has 0 atom stereocenters. The number of aromatic nitrogens is 1. The zero-order chi connectivity index (χ0) is 10.3. The van der Waals surface area contributed by atoms with Crippen molar-refractivity contribution in [2.75, 3.05) is 0 Å². The summed E-state index contributed by atoms with van der Waals surface area (Å²) in [6.45, 7) is 0. The normalized spacial score (nSPS) is 12.1. The lowest BCUT2D eigenvalue weighted by Crippen LogP contribution is -2.09. The maximum absolute atomic E-state index is 6.05. The molecule has 0 aliphatic heterocycles. The molecule has 3 rings (SSSR count). The molecular weight excluding hydrogens is 222 g/mol. The molecule has 15 heavy (non-hydrogen) atoms. The predicted octanol–water partition coefficient (Wildman–Crippen LogP) is 2.27. The van der Waals surface area contributed by atoms with Gasteiger partial charge < -0.3 is 4.98 Å². The topological polar surface area (TPSA) is 15.8 Å². The van der Waals surface area contributed by atoms with Crippen LogP contribution in [0.3, 0.4) is 0 Å². The van der Waals surface area contributed by atoms with Crippen LogP contribution in [0.4, 0.5) is 0 Å². The van der Waals surface area contributed by atoms with Gasteiger partial charge in [0.15, 0.2) is 8.83 Å². The zero-order valence-corrected chi connectivity index (χ0v) is 10.3. The summed E-state index contributed by atoms with van der Waals surface area (Å²) in [7, 11) is -0.635. The minimum atomic E-state index is -0.635. The molecule has 0 fully saturated rings. The average molecular weight is 232 g/mol. The summed E-state index contributed by atoms with van der Waals surface area (Å²) in [5.41, 5.74) is 2.42. The van der Waals surface area contributed by atoms with Gasteiger partial charge in [-0.25, -0.2) is 0 Å². The van der Waals surface area contributed by atoms with Gasteiger partial charge >= 0.3 is 0 Å². The number of rotatable bonds is 1. The molecule has 0 amide bonds. The summed E-state index contributed by atoms with van der Waals surface area (Å²) in [5, 5.41) is 3.87. The molecule has 74 valence electrons. The molecule has 2 aromatic carbocycles. The Balaban J connectivity index is 2.53. The van der Waals surface area contributed by atoms with Crippen molar-refractivity contribution in [3.63, 3.8) is 0 Å². The van der Waals surface area contributed by atoms with E-state index in [2.05, 4.69) is 47.4 Å². The Bertz CT molecular complexity index is 630. The first-order valence-electron chi connectivity index (χ1n) is 4.94. The van der Waals surface area contributed by atoms with Crippen molar-refractivity contribution >= 4 is 46.9 Å². The van der Waals surface area contributed by atoms with Crippen molar-refractivity contribution in [3.05, 3.63) is 42.5 Å². The fraction of sp³-hybridized carbons (Fsp3) is 0. The van der Waals surface area contributed by atoms with Crippen LogP contribution in [0.15, 0.2) is 42.5 Å². The summed E-state index contributed by atoms with van der Waals surface area (Å²) in [6, 6.07) is 14.7. The third kappa shape index (κ3) is 1.29. The highest BCUT2D eigenvalue weighted by Crippen LogP contribution is 2.23. The number of nitrogens with one attached hydrogen (secondary N) is 1. The highest BCUT2D eigenvalue weighted by molar-refractivity contribution is 7.02. The Labute approximate surface area is 94.6 Å². The predicted molar refractivity (Wildman–Crippen MR) is 69.8 cm³/mol. The second kappa shape index (κ2) is 3.40. The zero-order valence-electron chi connectivity index (χ0n) is 8.13. The summed E-state index contributed by atoms with van der Waals surface area (Å²) >= 11 is 6.05. The van der Waals surface area contributed by atoms with E-state index in [0.717, 1.165) is 0 Å². The molecule has 0 unspecified atom stereocenters. The lowest BCUT2D eigenvalue weighted by Gasteiger charge is -1.96. The van der Waals surface area contributed by atoms with Crippen molar-refractivity contribution in [2.24, 2.45) is 0 Å². The van der Waals surface area contributed by atoms with E-state index < -0.39 is 8.83 Å². The number of hydrogen-bond donors (Lipinski definition) is 1. The first kappa shape index (κ1) is 9.01. The molecule has 0 spiro atoms. The van der Waals surface area contributed by atoms with Crippen molar-refractivity contribution < 1.29 is 0 Å². The summed E-state index contributed by atoms with van der Waals surface area (Å²) in [6.07, 6.45) is 0. The quantitative estimate of drug-likeness (QED) is 0.489. The Hall–Kier alpha value is -1.25. The van der Waals surface area contributed by atoms with Gasteiger partial charge in [-0.15, -0.1) is 0 Å². The van der Waals surface area contributed by atoms with Gasteiger partial charge in [-0.3, -0.25) is 0 Å². The molecule has 0 radical (unpaired) electrons. The van der Waals surface area contributed by atoms with Crippen LogP contribution in [0.2, 0.25) is 0 Å². The van der Waals surface area contributed by atoms with Crippen molar-refractivity contribution in [1.82, 2.24) is 4.98 Å². The van der Waals surface area contributed by atoms with Gasteiger partial charge in [0.05, 0.1) is 0 Å². The van der Waals surface area contributed by atoms with E-state index in [4.69, 9.17) is 11.1 Å². The summed E-state index contributed by atoms with van der Waals surface area (Å²) in [5.74, 6) is 0. The summed E-state index contributed by atoms with van der Waals surface area (Å²) in [4.78, 5) is 3.45. The Morgan fingerprint density at radius 3 is 2.60 bits per heavy atom. The van der Waals surface area contributed by atoms with E-state index >= 15 is 0 Å². The van der Waals surface area contributed by atoms with E-state index in [9.17, 15) is 0 Å². The van der Waals surface area contributed by atoms with Gasteiger partial charge in [0, 0.05) is 21.8 Å². The monoisotopic (exact) mass is 231 g/mol. The number of para-hydroxylation sites is 2. The second-order valence-corrected chi connectivity index (χ2v) is 5.47. The highest BCUT2D eigenvalue weighted by Gasteiger charge is 2.06. The molecule has 0 saturated heterocycles. The van der Waals surface area contributed by atoms with Crippen LogP contribution < -0.4 is 5.19 Å². The largest absolute Gasteiger partial charge is 0.355 e. The van der Waals surface area contributed by atoms with Crippen molar-refractivity contribution in [2.45, 2.75) is 0 Å². The fourth-order valence-corrected chi connectivity index (χ4v) is 3.35. The van der Waals surface area contributed by atoms with Crippen LogP contribution in [-0.4, -0.2) is 13.8 Å². The Morgan fingerprint density at radius 2 is 1.73 bits per heavy atom. The molecule has 1 heterocycles. The Kier molecular flexibility index (Phi) is 2.04. The molecule has 0 saturated carbocycles. The Morgan fingerprint density at radius 1 is 0.933 bits per heavy atom.